The van der Waals surface area contributed by atoms with Crippen LogP contribution in [-0.2, 0) is 0 Å². The minimum atomic E-state index is 0.220. The zero-order valence-corrected chi connectivity index (χ0v) is 13.5. The van der Waals surface area contributed by atoms with Crippen molar-refractivity contribution in [3.63, 3.8) is 0 Å². The lowest BCUT2D eigenvalue weighted by molar-refractivity contribution is 0.264. The van der Waals surface area contributed by atoms with Crippen molar-refractivity contribution in [3.8, 4) is 0 Å². The first-order chi connectivity index (χ1) is 9.47. The molecule has 6 heteroatoms. The van der Waals surface area contributed by atoms with Gasteiger partial charge >= 0.3 is 0 Å². The van der Waals surface area contributed by atoms with Gasteiger partial charge in [0.2, 0.25) is 5.95 Å². The van der Waals surface area contributed by atoms with E-state index in [2.05, 4.69) is 30.7 Å². The second-order valence-corrected chi connectivity index (χ2v) is 5.74. The van der Waals surface area contributed by atoms with Crippen molar-refractivity contribution in [3.05, 3.63) is 22.2 Å². The Balaban J connectivity index is 2.42. The lowest BCUT2D eigenvalue weighted by atomic mass is 10.2. The van der Waals surface area contributed by atoms with Crippen molar-refractivity contribution in [1.82, 2.24) is 14.5 Å². The van der Waals surface area contributed by atoms with Crippen molar-refractivity contribution in [1.29, 1.82) is 0 Å². The largest absolute Gasteiger partial charge is 0.369 e. The summed E-state index contributed by atoms with van der Waals surface area (Å²) < 4.78 is 2.02. The molecule has 0 saturated carbocycles. The van der Waals surface area contributed by atoms with Gasteiger partial charge in [0.1, 0.15) is 0 Å². The van der Waals surface area contributed by atoms with Gasteiger partial charge in [-0.3, -0.25) is 0 Å². The lowest BCUT2D eigenvalue weighted by Gasteiger charge is -2.24. The number of likely N-dealkylation sites (N-methyl/N-ethyl adjacent to an activating group) is 1. The van der Waals surface area contributed by atoms with Crippen molar-refractivity contribution in [2.24, 2.45) is 0 Å². The summed E-state index contributed by atoms with van der Waals surface area (Å²) in [5, 5.41) is 1.02. The van der Waals surface area contributed by atoms with Gasteiger partial charge in [0.05, 0.1) is 21.1 Å². The number of hydrogen-bond donors (Lipinski definition) is 1. The summed E-state index contributed by atoms with van der Waals surface area (Å²) in [5.41, 5.74) is 7.77. The fourth-order valence-corrected chi connectivity index (χ4v) is 2.83. The first-order valence-electron chi connectivity index (χ1n) is 6.82. The van der Waals surface area contributed by atoms with Crippen LogP contribution in [-0.4, -0.2) is 34.1 Å². The molecule has 0 bridgehead atoms. The van der Waals surface area contributed by atoms with E-state index in [9.17, 15) is 0 Å². The van der Waals surface area contributed by atoms with Gasteiger partial charge in [-0.05, 0) is 32.1 Å². The highest BCUT2D eigenvalue weighted by Gasteiger charge is 2.17. The van der Waals surface area contributed by atoms with Gasteiger partial charge < -0.3 is 15.2 Å². The van der Waals surface area contributed by atoms with Crippen LogP contribution in [0.5, 0.6) is 0 Å². The van der Waals surface area contributed by atoms with Crippen LogP contribution >= 0.6 is 23.2 Å². The number of halogens is 2. The highest BCUT2D eigenvalue weighted by atomic mass is 35.5. The van der Waals surface area contributed by atoms with E-state index in [1.54, 1.807) is 6.07 Å². The maximum Gasteiger partial charge on any atom is 0.201 e. The SMILES string of the molecule is CCN(CC)C[C@H](C)n1c(N)nc2cc(Cl)c(Cl)cc21. The highest BCUT2D eigenvalue weighted by molar-refractivity contribution is 6.42. The molecule has 1 aromatic carbocycles. The molecule has 0 aliphatic rings. The molecule has 1 heterocycles. The van der Waals surface area contributed by atoms with Gasteiger partial charge in [0.25, 0.3) is 0 Å². The molecule has 0 fully saturated rings. The molecule has 2 rings (SSSR count). The van der Waals surface area contributed by atoms with Crippen LogP contribution in [0.3, 0.4) is 0 Å². The Morgan fingerprint density at radius 3 is 2.45 bits per heavy atom. The van der Waals surface area contributed by atoms with Crippen LogP contribution in [0.1, 0.15) is 26.8 Å². The van der Waals surface area contributed by atoms with Crippen LogP contribution in [0.25, 0.3) is 11.0 Å². The topological polar surface area (TPSA) is 47.1 Å². The number of nitrogens with two attached hydrogens (primary N) is 1. The number of imidazole rings is 1. The molecular weight excluding hydrogens is 295 g/mol. The smallest absolute Gasteiger partial charge is 0.201 e. The molecule has 20 heavy (non-hydrogen) atoms. The molecule has 0 aliphatic heterocycles. The Kier molecular flexibility index (Phi) is 4.78. The second kappa shape index (κ2) is 6.20. The van der Waals surface area contributed by atoms with E-state index in [4.69, 9.17) is 28.9 Å². The third-order valence-electron chi connectivity index (χ3n) is 3.62. The predicted molar refractivity (Wildman–Crippen MR) is 86.7 cm³/mol. The average Bonchev–Trinajstić information content (AvgIpc) is 2.71. The molecule has 0 radical (unpaired) electrons. The number of anilines is 1. The van der Waals surface area contributed by atoms with Crippen molar-refractivity contribution in [2.45, 2.75) is 26.8 Å². The lowest BCUT2D eigenvalue weighted by Crippen LogP contribution is -2.29. The van der Waals surface area contributed by atoms with E-state index < -0.39 is 0 Å². The molecule has 4 nitrogen and oxygen atoms in total. The zero-order valence-electron chi connectivity index (χ0n) is 12.0. The summed E-state index contributed by atoms with van der Waals surface area (Å²) in [5.74, 6) is 0.498. The van der Waals surface area contributed by atoms with E-state index in [0.29, 0.717) is 16.0 Å². The van der Waals surface area contributed by atoms with Gasteiger partial charge in [-0.2, -0.15) is 0 Å². The van der Waals surface area contributed by atoms with Crippen LogP contribution in [0, 0.1) is 0 Å². The third-order valence-corrected chi connectivity index (χ3v) is 4.34. The van der Waals surface area contributed by atoms with Crippen LogP contribution in [0.4, 0.5) is 5.95 Å². The summed E-state index contributed by atoms with van der Waals surface area (Å²) >= 11 is 12.1. The molecule has 1 atom stereocenters. The molecule has 0 amide bonds. The maximum atomic E-state index is 6.11. The maximum absolute atomic E-state index is 6.11. The Hall–Kier alpha value is -0.970. The fourth-order valence-electron chi connectivity index (χ4n) is 2.51. The van der Waals surface area contributed by atoms with Crippen molar-refractivity contribution >= 4 is 40.2 Å². The number of fused-ring (bicyclic) bond motifs is 1. The van der Waals surface area contributed by atoms with Gasteiger partial charge in [0, 0.05) is 12.6 Å². The quantitative estimate of drug-likeness (QED) is 0.912. The Labute approximate surface area is 129 Å². The zero-order chi connectivity index (χ0) is 14.9. The van der Waals surface area contributed by atoms with E-state index in [1.165, 1.54) is 0 Å². The first-order valence-corrected chi connectivity index (χ1v) is 7.58. The molecule has 0 aliphatic carbocycles. The number of hydrogen-bond acceptors (Lipinski definition) is 3. The Morgan fingerprint density at radius 2 is 1.85 bits per heavy atom. The summed E-state index contributed by atoms with van der Waals surface area (Å²) in [6.07, 6.45) is 0. The van der Waals surface area contributed by atoms with Gasteiger partial charge in [-0.1, -0.05) is 37.0 Å². The molecule has 0 unspecified atom stereocenters. The normalized spacial score (nSPS) is 13.3. The molecule has 0 spiro atoms. The fraction of sp³-hybridized carbons (Fsp3) is 0.500. The number of rotatable bonds is 5. The van der Waals surface area contributed by atoms with E-state index in [1.807, 2.05) is 10.6 Å². The standard InChI is InChI=1S/C14H20Cl2N4/c1-4-19(5-2)8-9(3)20-13-7-11(16)10(15)6-12(13)18-14(20)17/h6-7,9H,4-5,8H2,1-3H3,(H2,17,18)/t9-/m0/s1. The molecular formula is C14H20Cl2N4. The molecule has 2 aromatic rings. The van der Waals surface area contributed by atoms with Gasteiger partial charge in [0.15, 0.2) is 0 Å². The predicted octanol–water partition coefficient (Wildman–Crippen LogP) is 3.83. The number of nitrogens with zero attached hydrogens (tertiary/aromatic N) is 3. The minimum Gasteiger partial charge on any atom is -0.369 e. The van der Waals surface area contributed by atoms with Gasteiger partial charge in [-0.15, -0.1) is 0 Å². The highest BCUT2D eigenvalue weighted by Crippen LogP contribution is 2.31. The Bertz CT molecular complexity index is 605. The Morgan fingerprint density at radius 1 is 1.25 bits per heavy atom. The van der Waals surface area contributed by atoms with Crippen LogP contribution in [0.15, 0.2) is 12.1 Å². The molecule has 110 valence electrons. The number of aromatic nitrogens is 2. The van der Waals surface area contributed by atoms with Crippen molar-refractivity contribution < 1.29 is 0 Å². The average molecular weight is 315 g/mol. The van der Waals surface area contributed by atoms with Crippen molar-refractivity contribution in [2.75, 3.05) is 25.4 Å². The van der Waals surface area contributed by atoms with E-state index in [0.717, 1.165) is 30.7 Å². The molecule has 2 N–H and O–H groups in total. The second-order valence-electron chi connectivity index (χ2n) is 4.93. The summed E-state index contributed by atoms with van der Waals surface area (Å²) in [7, 11) is 0. The molecule has 1 aromatic heterocycles. The molecule has 0 saturated heterocycles. The monoisotopic (exact) mass is 314 g/mol. The van der Waals surface area contributed by atoms with Gasteiger partial charge in [-0.25, -0.2) is 4.98 Å². The number of nitrogen functional groups attached to an aromatic ring is 1. The summed E-state index contributed by atoms with van der Waals surface area (Å²) in [6, 6.07) is 3.81. The third kappa shape index (κ3) is 2.87. The van der Waals surface area contributed by atoms with E-state index >= 15 is 0 Å². The first kappa shape index (κ1) is 15.4. The minimum absolute atomic E-state index is 0.220. The summed E-state index contributed by atoms with van der Waals surface area (Å²) in [4.78, 5) is 6.73. The van der Waals surface area contributed by atoms with Crippen LogP contribution in [0.2, 0.25) is 10.0 Å². The van der Waals surface area contributed by atoms with E-state index in [-0.39, 0.29) is 6.04 Å². The van der Waals surface area contributed by atoms with Crippen LogP contribution < -0.4 is 5.73 Å². The summed E-state index contributed by atoms with van der Waals surface area (Å²) in [6.45, 7) is 9.39. The number of benzene rings is 1.